The third kappa shape index (κ3) is 6.69. The van der Waals surface area contributed by atoms with Crippen LogP contribution in [0, 0.1) is 24.7 Å². The lowest BCUT2D eigenvalue weighted by Gasteiger charge is -2.09. The Kier molecular flexibility index (Phi) is 9.20. The van der Waals surface area contributed by atoms with E-state index in [-0.39, 0.29) is 22.1 Å². The van der Waals surface area contributed by atoms with Crippen molar-refractivity contribution in [1.29, 1.82) is 10.8 Å². The summed E-state index contributed by atoms with van der Waals surface area (Å²) in [6.45, 7) is 3.98. The summed E-state index contributed by atoms with van der Waals surface area (Å²) < 4.78 is 12.1. The normalized spacial score (nSPS) is 16.0. The standard InChI is InChI=1S/C43H28N8O4S4/c1-22-20-54-34-28(22)14-26(16-30(34)36-46-48-42(58-36)50-38(52)32(56-40(50)44)18-24-9-5-3-6-10-24)13-27-15-29-23(2)21-55-35(29)31(17-27)37-47-49-43(59-37)51-39(53)33(57-41(51)45)19-25-11-7-4-8-12-25/h3-12,14-21,44-45H,13H2,1-2H3/b32-18-,33-19-,44-40?,45-41?. The Morgan fingerprint density at radius 1 is 0.610 bits per heavy atom. The number of furan rings is 2. The molecule has 0 unspecified atom stereocenters. The minimum atomic E-state index is -0.323. The van der Waals surface area contributed by atoms with E-state index in [0.717, 1.165) is 78.8 Å². The van der Waals surface area contributed by atoms with Crippen molar-refractivity contribution < 1.29 is 18.4 Å². The number of rotatable bonds is 8. The molecule has 8 aromatic rings. The number of thioether (sulfide) groups is 2. The highest BCUT2D eigenvalue weighted by atomic mass is 32.2. The highest BCUT2D eigenvalue weighted by Gasteiger charge is 2.37. The van der Waals surface area contributed by atoms with Crippen molar-refractivity contribution in [3.63, 3.8) is 0 Å². The van der Waals surface area contributed by atoms with Gasteiger partial charge in [0, 0.05) is 10.8 Å². The van der Waals surface area contributed by atoms with Crippen LogP contribution in [0.5, 0.6) is 0 Å². The summed E-state index contributed by atoms with van der Waals surface area (Å²) in [5.41, 5.74) is 8.39. The minimum absolute atomic E-state index is 0.0599. The largest absolute Gasteiger partial charge is 0.463 e. The molecular weight excluding hydrogens is 821 g/mol. The molecule has 2 saturated heterocycles. The smallest absolute Gasteiger partial charge is 0.273 e. The van der Waals surface area contributed by atoms with Crippen LogP contribution >= 0.6 is 46.2 Å². The molecule has 288 valence electrons. The van der Waals surface area contributed by atoms with Gasteiger partial charge >= 0.3 is 0 Å². The molecule has 0 saturated carbocycles. The SMILES string of the molecule is Cc1coc2c(-c3nnc(N4C(=N)S/C(=C\c5ccccc5)C4=O)s3)cc(Cc3cc(-c4nnc(N5C(=N)S/C(=C\c6ccccc6)C5=O)s4)c4occ(C)c4c3)cc12. The molecule has 2 aliphatic heterocycles. The summed E-state index contributed by atoms with van der Waals surface area (Å²) in [5, 5.41) is 38.7. The first-order valence-corrected chi connectivity index (χ1v) is 21.4. The van der Waals surface area contributed by atoms with Crippen molar-refractivity contribution in [2.75, 3.05) is 9.80 Å². The van der Waals surface area contributed by atoms with Gasteiger partial charge in [-0.1, -0.05) is 83.3 Å². The predicted molar refractivity (Wildman–Crippen MR) is 237 cm³/mol. The maximum Gasteiger partial charge on any atom is 0.273 e. The topological polar surface area (TPSA) is 166 Å². The number of anilines is 2. The van der Waals surface area contributed by atoms with Crippen molar-refractivity contribution in [2.24, 2.45) is 0 Å². The molecule has 2 fully saturated rings. The minimum Gasteiger partial charge on any atom is -0.463 e. The van der Waals surface area contributed by atoms with Gasteiger partial charge in [-0.3, -0.25) is 20.4 Å². The van der Waals surface area contributed by atoms with Crippen LogP contribution < -0.4 is 9.80 Å². The summed E-state index contributed by atoms with van der Waals surface area (Å²) in [4.78, 5) is 30.5. The number of nitrogens with one attached hydrogen (secondary N) is 2. The molecule has 4 aromatic heterocycles. The number of fused-ring (bicyclic) bond motifs is 2. The zero-order chi connectivity index (χ0) is 40.4. The highest BCUT2D eigenvalue weighted by molar-refractivity contribution is 8.19. The van der Waals surface area contributed by atoms with Crippen molar-refractivity contribution in [2.45, 2.75) is 20.3 Å². The molecule has 10 rings (SSSR count). The Labute approximate surface area is 352 Å². The van der Waals surface area contributed by atoms with Crippen LogP contribution in [-0.4, -0.2) is 42.5 Å². The Bertz CT molecular complexity index is 2900. The van der Waals surface area contributed by atoms with Gasteiger partial charge in [-0.15, -0.1) is 20.4 Å². The number of hydrogen-bond donors (Lipinski definition) is 2. The summed E-state index contributed by atoms with van der Waals surface area (Å²) in [6.07, 6.45) is 7.51. The number of carbonyl (C=O) groups is 2. The van der Waals surface area contributed by atoms with E-state index in [1.165, 1.54) is 32.5 Å². The third-order valence-electron chi connectivity index (χ3n) is 9.78. The van der Waals surface area contributed by atoms with E-state index >= 15 is 0 Å². The van der Waals surface area contributed by atoms with Crippen LogP contribution in [0.2, 0.25) is 0 Å². The van der Waals surface area contributed by atoms with Gasteiger partial charge in [-0.2, -0.15) is 0 Å². The van der Waals surface area contributed by atoms with E-state index in [1.807, 2.05) is 86.6 Å². The molecule has 0 bridgehead atoms. The molecule has 4 aromatic carbocycles. The van der Waals surface area contributed by atoms with Crippen LogP contribution in [-0.2, 0) is 16.0 Å². The Balaban J connectivity index is 0.970. The van der Waals surface area contributed by atoms with Gasteiger partial charge in [0.15, 0.2) is 20.4 Å². The first-order valence-electron chi connectivity index (χ1n) is 18.1. The molecule has 6 heterocycles. The lowest BCUT2D eigenvalue weighted by molar-refractivity contribution is -0.114. The summed E-state index contributed by atoms with van der Waals surface area (Å²) in [5.74, 6) is -0.646. The zero-order valence-electron chi connectivity index (χ0n) is 31.0. The molecule has 0 radical (unpaired) electrons. The van der Waals surface area contributed by atoms with Crippen molar-refractivity contribution in [1.82, 2.24) is 20.4 Å². The van der Waals surface area contributed by atoms with Crippen LogP contribution in [0.3, 0.4) is 0 Å². The highest BCUT2D eigenvalue weighted by Crippen LogP contribution is 2.43. The molecule has 2 amide bonds. The fraction of sp³-hybridized carbons (Fsp3) is 0.0698. The molecule has 0 aliphatic carbocycles. The lowest BCUT2D eigenvalue weighted by atomic mass is 9.97. The van der Waals surface area contributed by atoms with Crippen molar-refractivity contribution in [3.05, 3.63) is 141 Å². The monoisotopic (exact) mass is 848 g/mol. The van der Waals surface area contributed by atoms with Gasteiger partial charge in [0.25, 0.3) is 11.8 Å². The molecule has 12 nitrogen and oxygen atoms in total. The molecule has 2 N–H and O–H groups in total. The number of aryl methyl sites for hydroxylation is 2. The first-order chi connectivity index (χ1) is 28.7. The lowest BCUT2D eigenvalue weighted by Crippen LogP contribution is -2.27. The molecule has 2 aliphatic rings. The Morgan fingerprint density at radius 3 is 1.46 bits per heavy atom. The average Bonchev–Trinajstić information content (AvgIpc) is 4.11. The van der Waals surface area contributed by atoms with Crippen LogP contribution in [0.1, 0.15) is 33.4 Å². The van der Waals surface area contributed by atoms with E-state index in [2.05, 4.69) is 32.5 Å². The number of benzene rings is 4. The molecule has 0 spiro atoms. The van der Waals surface area contributed by atoms with E-state index in [0.29, 0.717) is 47.7 Å². The van der Waals surface area contributed by atoms with Crippen LogP contribution in [0.15, 0.2) is 116 Å². The number of carbonyl (C=O) groups excluding carboxylic acids is 2. The van der Waals surface area contributed by atoms with Gasteiger partial charge in [0.2, 0.25) is 10.3 Å². The summed E-state index contributed by atoms with van der Waals surface area (Å²) >= 11 is 4.63. The fourth-order valence-electron chi connectivity index (χ4n) is 6.95. The number of amidine groups is 2. The zero-order valence-corrected chi connectivity index (χ0v) is 34.3. The second kappa shape index (κ2) is 14.7. The second-order valence-electron chi connectivity index (χ2n) is 13.8. The van der Waals surface area contributed by atoms with Crippen molar-refractivity contribution >= 4 is 113 Å². The molecule has 16 heteroatoms. The van der Waals surface area contributed by atoms with E-state index in [9.17, 15) is 9.59 Å². The maximum absolute atomic E-state index is 13.5. The fourth-order valence-corrected chi connectivity index (χ4v) is 10.5. The quantitative estimate of drug-likeness (QED) is 0.141. The maximum atomic E-state index is 13.5. The van der Waals surface area contributed by atoms with Gasteiger partial charge < -0.3 is 8.83 Å². The second-order valence-corrected chi connectivity index (χ2v) is 17.7. The number of amides is 2. The molecular formula is C43H28N8O4S4. The van der Waals surface area contributed by atoms with Gasteiger partial charge in [-0.05, 0) is 114 Å². The predicted octanol–water partition coefficient (Wildman–Crippen LogP) is 10.5. The van der Waals surface area contributed by atoms with E-state index < -0.39 is 0 Å². The van der Waals surface area contributed by atoms with Gasteiger partial charge in [-0.25, -0.2) is 9.80 Å². The summed E-state index contributed by atoms with van der Waals surface area (Å²) in [6, 6.07) is 27.3. The molecule has 0 atom stereocenters. The molecule has 59 heavy (non-hydrogen) atoms. The van der Waals surface area contributed by atoms with Gasteiger partial charge in [0.1, 0.15) is 11.2 Å². The Hall–Kier alpha value is -6.46. The summed E-state index contributed by atoms with van der Waals surface area (Å²) in [7, 11) is 0. The van der Waals surface area contributed by atoms with Crippen molar-refractivity contribution in [3.8, 4) is 21.1 Å². The third-order valence-corrected chi connectivity index (χ3v) is 13.4. The van der Waals surface area contributed by atoms with E-state index in [4.69, 9.17) is 19.7 Å². The van der Waals surface area contributed by atoms with E-state index in [1.54, 1.807) is 24.7 Å². The van der Waals surface area contributed by atoms with Crippen LogP contribution in [0.25, 0.3) is 55.2 Å². The number of aromatic nitrogens is 4. The first kappa shape index (κ1) is 36.9. The van der Waals surface area contributed by atoms with Gasteiger partial charge in [0.05, 0.1) is 33.5 Å². The number of nitrogens with zero attached hydrogens (tertiary/aromatic N) is 6. The number of hydrogen-bond acceptors (Lipinski definition) is 14. The Morgan fingerprint density at radius 2 is 1.03 bits per heavy atom. The van der Waals surface area contributed by atoms with Crippen LogP contribution in [0.4, 0.5) is 10.3 Å². The average molecular weight is 849 g/mol.